The number of nitrogens with zero attached hydrogens (tertiary/aromatic N) is 2. The Kier molecular flexibility index (Phi) is 5.67. The summed E-state index contributed by atoms with van der Waals surface area (Å²) in [5, 5.41) is 11.4. The minimum atomic E-state index is -0.165. The van der Waals surface area contributed by atoms with E-state index in [9.17, 15) is 9.50 Å². The Morgan fingerprint density at radius 1 is 0.943 bits per heavy atom. The van der Waals surface area contributed by atoms with Gasteiger partial charge < -0.3 is 14.3 Å². The monoisotopic (exact) mass is 492 g/mol. The van der Waals surface area contributed by atoms with Crippen molar-refractivity contribution in [1.82, 2.24) is 4.90 Å². The van der Waals surface area contributed by atoms with E-state index in [4.69, 9.17) is 0 Å². The zero-order valence-corrected chi connectivity index (χ0v) is 21.4. The van der Waals surface area contributed by atoms with Crippen molar-refractivity contribution in [3.63, 3.8) is 0 Å². The molecule has 6 aliphatic rings. The number of halogens is 1. The van der Waals surface area contributed by atoms with Gasteiger partial charge in [-0.1, -0.05) is 18.2 Å². The van der Waals surface area contributed by atoms with Gasteiger partial charge >= 0.3 is 0 Å². The van der Waals surface area contributed by atoms with Crippen LogP contribution < -0.4 is 4.31 Å². The molecule has 2 heterocycles. The van der Waals surface area contributed by atoms with E-state index in [1.54, 1.807) is 24.1 Å². The molecule has 35 heavy (non-hydrogen) atoms. The van der Waals surface area contributed by atoms with Crippen LogP contribution in [0, 0.1) is 34.9 Å². The molecule has 0 spiro atoms. The molecule has 0 amide bonds. The predicted molar refractivity (Wildman–Crippen MR) is 141 cm³/mol. The van der Waals surface area contributed by atoms with Gasteiger partial charge in [-0.25, -0.2) is 4.39 Å². The van der Waals surface area contributed by atoms with E-state index >= 15 is 0 Å². The van der Waals surface area contributed by atoms with Gasteiger partial charge in [-0.2, -0.15) is 0 Å². The molecule has 0 unspecified atom stereocenters. The highest BCUT2D eigenvalue weighted by Gasteiger charge is 2.54. The lowest BCUT2D eigenvalue weighted by Gasteiger charge is -2.59. The number of fused-ring (bicyclic) bond motifs is 3. The molecule has 1 N–H and O–H groups in total. The highest BCUT2D eigenvalue weighted by atomic mass is 32.2. The third-order valence-corrected chi connectivity index (χ3v) is 11.1. The van der Waals surface area contributed by atoms with Crippen molar-refractivity contribution in [3.8, 4) is 11.1 Å². The van der Waals surface area contributed by atoms with Gasteiger partial charge in [0.05, 0.1) is 11.8 Å². The van der Waals surface area contributed by atoms with E-state index < -0.39 is 0 Å². The second-order valence-electron chi connectivity index (χ2n) is 12.3. The Labute approximate surface area is 213 Å². The lowest BCUT2D eigenvalue weighted by Crippen LogP contribution is -2.55. The maximum absolute atomic E-state index is 14.2. The van der Waals surface area contributed by atoms with Crippen molar-refractivity contribution >= 4 is 17.6 Å². The summed E-state index contributed by atoms with van der Waals surface area (Å²) in [5.74, 6) is 3.10. The van der Waals surface area contributed by atoms with E-state index in [2.05, 4.69) is 33.5 Å². The van der Waals surface area contributed by atoms with Gasteiger partial charge in [0.1, 0.15) is 5.82 Å². The molecule has 4 saturated carbocycles. The lowest BCUT2D eigenvalue weighted by atomic mass is 9.48. The molecule has 1 atom stereocenters. The van der Waals surface area contributed by atoms with Crippen molar-refractivity contribution in [2.45, 2.75) is 62.4 Å². The molecule has 3 nitrogen and oxygen atoms in total. The van der Waals surface area contributed by atoms with Crippen LogP contribution in [0.25, 0.3) is 11.1 Å². The molecule has 4 bridgehead atoms. The van der Waals surface area contributed by atoms with Crippen molar-refractivity contribution in [3.05, 3.63) is 48.3 Å². The number of benzene rings is 2. The molecule has 2 aromatic carbocycles. The van der Waals surface area contributed by atoms with Crippen molar-refractivity contribution in [1.29, 1.82) is 0 Å². The summed E-state index contributed by atoms with van der Waals surface area (Å²) >= 11 is 1.76. The van der Waals surface area contributed by atoms with Crippen LogP contribution in [0.3, 0.4) is 0 Å². The van der Waals surface area contributed by atoms with Gasteiger partial charge in [-0.05, 0) is 135 Å². The predicted octanol–water partition coefficient (Wildman–Crippen LogP) is 6.61. The first-order valence-corrected chi connectivity index (χ1v) is 14.6. The van der Waals surface area contributed by atoms with E-state index in [-0.39, 0.29) is 17.3 Å². The van der Waals surface area contributed by atoms with E-state index in [0.717, 1.165) is 68.0 Å². The first kappa shape index (κ1) is 22.6. The van der Waals surface area contributed by atoms with Crippen LogP contribution in [0.4, 0.5) is 10.1 Å². The maximum atomic E-state index is 14.2. The Morgan fingerprint density at radius 3 is 2.34 bits per heavy atom. The van der Waals surface area contributed by atoms with Gasteiger partial charge in [-0.15, -0.1) is 0 Å². The van der Waals surface area contributed by atoms with Gasteiger partial charge in [0.15, 0.2) is 0 Å². The zero-order chi connectivity index (χ0) is 23.6. The summed E-state index contributed by atoms with van der Waals surface area (Å²) in [6.07, 6.45) is 10.3. The fourth-order valence-corrected chi connectivity index (χ4v) is 9.81. The number of aliphatic hydroxyl groups excluding tert-OH is 1. The first-order chi connectivity index (χ1) is 17.0. The van der Waals surface area contributed by atoms with Gasteiger partial charge in [0, 0.05) is 23.5 Å². The summed E-state index contributed by atoms with van der Waals surface area (Å²) in [5.41, 5.74) is 3.57. The molecule has 5 heteroatoms. The van der Waals surface area contributed by atoms with Crippen LogP contribution in [0.2, 0.25) is 0 Å². The molecular weight excluding hydrogens is 455 g/mol. The van der Waals surface area contributed by atoms with Gasteiger partial charge in [-0.3, -0.25) is 0 Å². The molecule has 8 rings (SSSR count). The van der Waals surface area contributed by atoms with Gasteiger partial charge in [0.2, 0.25) is 0 Å². The maximum Gasteiger partial charge on any atom is 0.125 e. The summed E-state index contributed by atoms with van der Waals surface area (Å²) in [6.45, 7) is 3.94. The summed E-state index contributed by atoms with van der Waals surface area (Å²) in [4.78, 5) is 3.79. The Morgan fingerprint density at radius 2 is 1.63 bits per heavy atom. The molecular formula is C30H37FN2OS. The number of aliphatic hydroxyl groups is 1. The highest BCUT2D eigenvalue weighted by Crippen LogP contribution is 2.61. The quantitative estimate of drug-likeness (QED) is 0.475. The van der Waals surface area contributed by atoms with Crippen LogP contribution in [-0.4, -0.2) is 42.3 Å². The molecule has 0 aromatic heterocycles. The molecule has 2 aromatic rings. The molecule has 1 saturated heterocycles. The highest BCUT2D eigenvalue weighted by molar-refractivity contribution is 8.01. The molecule has 5 fully saturated rings. The normalized spacial score (nSPS) is 33.0. The number of hydrogen-bond acceptors (Lipinski definition) is 4. The summed E-state index contributed by atoms with van der Waals surface area (Å²) < 4.78 is 16.5. The smallest absolute Gasteiger partial charge is 0.125 e. The Balaban J connectivity index is 0.990. The second kappa shape index (κ2) is 8.78. The fourth-order valence-electron chi connectivity index (χ4n) is 8.62. The number of piperidine rings is 1. The number of anilines is 1. The fraction of sp³-hybridized carbons (Fsp3) is 0.600. The third kappa shape index (κ3) is 4.12. The first-order valence-electron chi connectivity index (χ1n) is 13.8. The third-order valence-electron chi connectivity index (χ3n) is 9.97. The molecule has 0 radical (unpaired) electrons. The SMILES string of the molecule is O[C@@H](CN1CCC(CN2Sc3ccccc3-c3ccc(F)cc32)CC1)C12CC3CC(CC(C3)C1)C2. The number of hydrogen-bond donors (Lipinski definition) is 1. The minimum Gasteiger partial charge on any atom is -0.391 e. The van der Waals surface area contributed by atoms with Crippen LogP contribution in [0.15, 0.2) is 47.4 Å². The Hall–Kier alpha value is -1.56. The van der Waals surface area contributed by atoms with Crippen LogP contribution in [0.5, 0.6) is 0 Å². The Bertz CT molecular complexity index is 1060. The second-order valence-corrected chi connectivity index (χ2v) is 13.4. The topological polar surface area (TPSA) is 26.7 Å². The average molecular weight is 493 g/mol. The molecule has 2 aliphatic heterocycles. The zero-order valence-electron chi connectivity index (χ0n) is 20.5. The van der Waals surface area contributed by atoms with E-state index in [0.29, 0.717) is 5.92 Å². The van der Waals surface area contributed by atoms with E-state index in [1.165, 1.54) is 49.0 Å². The van der Waals surface area contributed by atoms with Crippen molar-refractivity contribution < 1.29 is 9.50 Å². The lowest BCUT2D eigenvalue weighted by molar-refractivity contribution is -0.127. The molecule has 4 aliphatic carbocycles. The number of likely N-dealkylation sites (tertiary alicyclic amines) is 1. The van der Waals surface area contributed by atoms with Crippen molar-refractivity contribution in [2.24, 2.45) is 29.1 Å². The summed E-state index contributed by atoms with van der Waals surface area (Å²) in [6, 6.07) is 13.7. The van der Waals surface area contributed by atoms with E-state index in [1.807, 2.05) is 6.07 Å². The standard InChI is InChI=1S/C30H37FN2OS/c31-24-5-6-25-26-3-1-2-4-28(26)35-33(27(25)14-24)18-20-7-9-32(10-8-20)19-29(34)30-15-21-11-22(16-30)13-23(12-21)17-30/h1-6,14,20-23,29,34H,7-13,15-19H2/t21?,22?,23?,29-,30?/m0/s1. The van der Waals surface area contributed by atoms with Gasteiger partial charge in [0.25, 0.3) is 0 Å². The number of β-amino-alcohol motifs (C(OH)–C–C–N with tert-alkyl or cyclic N) is 1. The minimum absolute atomic E-state index is 0.156. The van der Waals surface area contributed by atoms with Crippen LogP contribution >= 0.6 is 11.9 Å². The average Bonchev–Trinajstić information content (AvgIpc) is 2.84. The van der Waals surface area contributed by atoms with Crippen LogP contribution in [0.1, 0.15) is 51.4 Å². The van der Waals surface area contributed by atoms with Crippen molar-refractivity contribution in [2.75, 3.05) is 30.5 Å². The van der Waals surface area contributed by atoms with Crippen LogP contribution in [-0.2, 0) is 0 Å². The summed E-state index contributed by atoms with van der Waals surface area (Å²) in [7, 11) is 0. The largest absolute Gasteiger partial charge is 0.391 e. The molecule has 186 valence electrons. The number of rotatable bonds is 5.